The third-order valence-corrected chi connectivity index (χ3v) is 5.69. The molecule has 126 valence electrons. The minimum Gasteiger partial charge on any atom is -0.464 e. The Bertz CT molecular complexity index is 855. The van der Waals surface area contributed by atoms with Gasteiger partial charge in [0.2, 0.25) is 0 Å². The van der Waals surface area contributed by atoms with Crippen LogP contribution in [-0.2, 0) is 24.1 Å². The van der Waals surface area contributed by atoms with Gasteiger partial charge in [-0.15, -0.1) is 11.3 Å². The van der Waals surface area contributed by atoms with Crippen LogP contribution >= 0.6 is 11.3 Å². The molecule has 0 aliphatic heterocycles. The predicted molar refractivity (Wildman–Crippen MR) is 95.8 cm³/mol. The Hall–Kier alpha value is -1.92. The van der Waals surface area contributed by atoms with Crippen LogP contribution in [0.15, 0.2) is 22.9 Å². The Morgan fingerprint density at radius 3 is 3.00 bits per heavy atom. The zero-order chi connectivity index (χ0) is 16.5. The molecular weight excluding hydrogens is 322 g/mol. The van der Waals surface area contributed by atoms with Crippen molar-refractivity contribution in [1.82, 2.24) is 9.97 Å². The number of aryl methyl sites for hydroxylation is 3. The Labute approximate surface area is 145 Å². The van der Waals surface area contributed by atoms with Crippen molar-refractivity contribution >= 4 is 27.4 Å². The normalized spacial score (nSPS) is 13.6. The maximum absolute atomic E-state index is 5.78. The van der Waals surface area contributed by atoms with Gasteiger partial charge in [-0.05, 0) is 43.9 Å². The van der Waals surface area contributed by atoms with Gasteiger partial charge in [0.05, 0.1) is 18.5 Å². The molecule has 0 radical (unpaired) electrons. The maximum Gasteiger partial charge on any atom is 0.141 e. The lowest BCUT2D eigenvalue weighted by molar-refractivity contribution is 0.204. The maximum atomic E-state index is 5.78. The number of fused-ring (bicyclic) bond motifs is 3. The number of hydrogen-bond acceptors (Lipinski definition) is 6. The molecule has 0 unspecified atom stereocenters. The van der Waals surface area contributed by atoms with E-state index in [0.29, 0.717) is 13.2 Å². The highest BCUT2D eigenvalue weighted by molar-refractivity contribution is 7.19. The highest BCUT2D eigenvalue weighted by Gasteiger charge is 2.24. The van der Waals surface area contributed by atoms with Crippen LogP contribution in [0.25, 0.3) is 10.2 Å². The summed E-state index contributed by atoms with van der Waals surface area (Å²) in [5.74, 6) is 2.88. The zero-order valence-electron chi connectivity index (χ0n) is 14.0. The van der Waals surface area contributed by atoms with E-state index in [1.807, 2.05) is 30.4 Å². The summed E-state index contributed by atoms with van der Waals surface area (Å²) in [4.78, 5) is 14.0. The molecule has 4 rings (SSSR count). The Morgan fingerprint density at radius 2 is 2.21 bits per heavy atom. The number of aromatic nitrogens is 2. The van der Waals surface area contributed by atoms with Crippen LogP contribution in [0.2, 0.25) is 0 Å². The summed E-state index contributed by atoms with van der Waals surface area (Å²) in [6, 6.07) is 4.03. The molecule has 6 heteroatoms. The number of ether oxygens (including phenoxy) is 1. The van der Waals surface area contributed by atoms with Crippen molar-refractivity contribution in [2.24, 2.45) is 0 Å². The van der Waals surface area contributed by atoms with Crippen LogP contribution in [0.1, 0.15) is 28.4 Å². The molecule has 0 aromatic carbocycles. The second kappa shape index (κ2) is 6.53. The van der Waals surface area contributed by atoms with Gasteiger partial charge in [0.25, 0.3) is 0 Å². The highest BCUT2D eigenvalue weighted by Crippen LogP contribution is 2.40. The molecule has 5 nitrogen and oxygen atoms in total. The van der Waals surface area contributed by atoms with Crippen molar-refractivity contribution in [1.29, 1.82) is 0 Å². The van der Waals surface area contributed by atoms with Crippen LogP contribution in [0.4, 0.5) is 5.82 Å². The zero-order valence-corrected chi connectivity index (χ0v) is 14.9. The van der Waals surface area contributed by atoms with E-state index in [9.17, 15) is 0 Å². The van der Waals surface area contributed by atoms with Gasteiger partial charge in [-0.2, -0.15) is 0 Å². The SMILES string of the molecule is COCCN(Cc1ccc(C)o1)c1ncnc2sc3c(c12)CCC3. The minimum absolute atomic E-state index is 0.650. The van der Waals surface area contributed by atoms with E-state index in [4.69, 9.17) is 9.15 Å². The topological polar surface area (TPSA) is 51.4 Å². The molecule has 0 bridgehead atoms. The molecule has 0 fully saturated rings. The van der Waals surface area contributed by atoms with E-state index >= 15 is 0 Å². The van der Waals surface area contributed by atoms with Crippen molar-refractivity contribution in [3.63, 3.8) is 0 Å². The molecule has 0 N–H and O–H groups in total. The molecule has 3 aromatic rings. The van der Waals surface area contributed by atoms with Crippen molar-refractivity contribution < 1.29 is 9.15 Å². The lowest BCUT2D eigenvalue weighted by Crippen LogP contribution is -2.27. The molecule has 0 saturated carbocycles. The summed E-state index contributed by atoms with van der Waals surface area (Å²) in [5, 5.41) is 1.23. The average molecular weight is 343 g/mol. The first kappa shape index (κ1) is 15.6. The van der Waals surface area contributed by atoms with Crippen molar-refractivity contribution in [3.05, 3.63) is 40.4 Å². The molecule has 0 amide bonds. The molecule has 24 heavy (non-hydrogen) atoms. The number of thiophene rings is 1. The molecule has 1 aliphatic rings. The van der Waals surface area contributed by atoms with Gasteiger partial charge in [0, 0.05) is 18.5 Å². The van der Waals surface area contributed by atoms with Gasteiger partial charge in [0.15, 0.2) is 0 Å². The van der Waals surface area contributed by atoms with Gasteiger partial charge in [0.1, 0.15) is 28.5 Å². The van der Waals surface area contributed by atoms with Crippen LogP contribution in [-0.4, -0.2) is 30.2 Å². The first-order valence-corrected chi connectivity index (χ1v) is 9.12. The van der Waals surface area contributed by atoms with E-state index in [-0.39, 0.29) is 0 Å². The number of furan rings is 1. The summed E-state index contributed by atoms with van der Waals surface area (Å²) >= 11 is 1.82. The fourth-order valence-corrected chi connectivity index (χ4v) is 4.59. The summed E-state index contributed by atoms with van der Waals surface area (Å²) in [7, 11) is 1.73. The van der Waals surface area contributed by atoms with Gasteiger partial charge in [-0.3, -0.25) is 0 Å². The molecule has 0 atom stereocenters. The van der Waals surface area contributed by atoms with Crippen molar-refractivity contribution in [2.45, 2.75) is 32.7 Å². The predicted octanol–water partition coefficient (Wildman–Crippen LogP) is 3.73. The molecule has 0 saturated heterocycles. The van der Waals surface area contributed by atoms with Gasteiger partial charge in [-0.1, -0.05) is 0 Å². The van der Waals surface area contributed by atoms with Crippen LogP contribution < -0.4 is 4.90 Å². The fourth-order valence-electron chi connectivity index (χ4n) is 3.37. The monoisotopic (exact) mass is 343 g/mol. The molecular formula is C18H21N3O2S. The molecule has 3 heterocycles. The number of nitrogens with zero attached hydrogens (tertiary/aromatic N) is 3. The largest absolute Gasteiger partial charge is 0.464 e. The molecule has 1 aliphatic carbocycles. The Morgan fingerprint density at radius 1 is 1.29 bits per heavy atom. The minimum atomic E-state index is 0.650. The average Bonchev–Trinajstić information content (AvgIpc) is 3.26. The van der Waals surface area contributed by atoms with E-state index < -0.39 is 0 Å². The van der Waals surface area contributed by atoms with E-state index in [0.717, 1.165) is 35.1 Å². The summed E-state index contributed by atoms with van der Waals surface area (Å²) < 4.78 is 11.1. The van der Waals surface area contributed by atoms with Gasteiger partial charge >= 0.3 is 0 Å². The quantitative estimate of drug-likeness (QED) is 0.682. The summed E-state index contributed by atoms with van der Waals surface area (Å²) in [6.45, 7) is 4.08. The second-order valence-electron chi connectivity index (χ2n) is 6.16. The first-order valence-electron chi connectivity index (χ1n) is 8.30. The van der Waals surface area contributed by atoms with E-state index in [2.05, 4.69) is 14.9 Å². The van der Waals surface area contributed by atoms with Crippen LogP contribution in [0, 0.1) is 6.92 Å². The highest BCUT2D eigenvalue weighted by atomic mass is 32.1. The second-order valence-corrected chi connectivity index (χ2v) is 7.25. The van der Waals surface area contributed by atoms with Crippen molar-refractivity contribution in [2.75, 3.05) is 25.2 Å². The molecule has 0 spiro atoms. The van der Waals surface area contributed by atoms with Crippen molar-refractivity contribution in [3.8, 4) is 0 Å². The summed E-state index contributed by atoms with van der Waals surface area (Å²) in [5.41, 5.74) is 1.45. The lowest BCUT2D eigenvalue weighted by atomic mass is 10.2. The van der Waals surface area contributed by atoms with Crippen LogP contribution in [0.5, 0.6) is 0 Å². The van der Waals surface area contributed by atoms with E-state index in [1.54, 1.807) is 13.4 Å². The number of rotatable bonds is 6. The van der Waals surface area contributed by atoms with Crippen LogP contribution in [0.3, 0.4) is 0 Å². The van der Waals surface area contributed by atoms with E-state index in [1.165, 1.54) is 28.7 Å². The smallest absolute Gasteiger partial charge is 0.141 e. The number of hydrogen-bond donors (Lipinski definition) is 0. The third-order valence-electron chi connectivity index (χ3n) is 4.49. The Kier molecular flexibility index (Phi) is 4.24. The first-order chi connectivity index (χ1) is 11.8. The fraction of sp³-hybridized carbons (Fsp3) is 0.444. The van der Waals surface area contributed by atoms with Gasteiger partial charge < -0.3 is 14.1 Å². The van der Waals surface area contributed by atoms with Gasteiger partial charge in [-0.25, -0.2) is 9.97 Å². The third kappa shape index (κ3) is 2.80. The standard InChI is InChI=1S/C18H21N3O2S/c1-12-6-7-13(23-12)10-21(8-9-22-2)17-16-14-4-3-5-15(14)24-18(16)20-11-19-17/h6-7,11H,3-5,8-10H2,1-2H3. The Balaban J connectivity index is 1.75. The molecule has 3 aromatic heterocycles. The number of anilines is 1. The number of methoxy groups -OCH3 is 1. The summed E-state index contributed by atoms with van der Waals surface area (Å²) in [6.07, 6.45) is 5.22. The lowest BCUT2D eigenvalue weighted by Gasteiger charge is -2.23.